The zero-order chi connectivity index (χ0) is 16.3. The van der Waals surface area contributed by atoms with Gasteiger partial charge >= 0.3 is 0 Å². The first-order chi connectivity index (χ1) is 10.3. The van der Waals surface area contributed by atoms with E-state index in [1.54, 1.807) is 6.07 Å². The molecule has 0 unspecified atom stereocenters. The van der Waals surface area contributed by atoms with E-state index < -0.39 is 10.0 Å². The summed E-state index contributed by atoms with van der Waals surface area (Å²) in [6.07, 6.45) is 0.223. The summed E-state index contributed by atoms with van der Waals surface area (Å²) >= 11 is 0. The maximum absolute atomic E-state index is 12.0. The monoisotopic (exact) mass is 318 g/mol. The van der Waals surface area contributed by atoms with E-state index in [0.29, 0.717) is 5.69 Å². The van der Waals surface area contributed by atoms with Gasteiger partial charge < -0.3 is 5.32 Å². The maximum Gasteiger partial charge on any atom is 0.238 e. The van der Waals surface area contributed by atoms with Gasteiger partial charge in [-0.2, -0.15) is 0 Å². The molecule has 22 heavy (non-hydrogen) atoms. The van der Waals surface area contributed by atoms with Crippen LogP contribution in [-0.4, -0.2) is 14.3 Å². The average Bonchev–Trinajstić information content (AvgIpc) is 2.42. The van der Waals surface area contributed by atoms with Gasteiger partial charge in [-0.15, -0.1) is 0 Å². The fourth-order valence-corrected chi connectivity index (χ4v) is 2.61. The van der Waals surface area contributed by atoms with Gasteiger partial charge in [0.2, 0.25) is 15.9 Å². The van der Waals surface area contributed by atoms with Gasteiger partial charge in [0.25, 0.3) is 0 Å². The molecule has 2 aromatic rings. The lowest BCUT2D eigenvalue weighted by molar-refractivity contribution is -0.115. The Hall–Kier alpha value is -2.18. The molecule has 0 aliphatic rings. The second-order valence-corrected chi connectivity index (χ2v) is 6.78. The number of sulfonamides is 1. The third-order valence-electron chi connectivity index (χ3n) is 3.38. The van der Waals surface area contributed by atoms with Crippen LogP contribution in [0, 0.1) is 13.8 Å². The summed E-state index contributed by atoms with van der Waals surface area (Å²) in [5.41, 5.74) is 3.61. The molecule has 2 rings (SSSR count). The van der Waals surface area contributed by atoms with Crippen LogP contribution < -0.4 is 10.5 Å². The van der Waals surface area contributed by atoms with Crippen molar-refractivity contribution >= 4 is 21.6 Å². The molecule has 1 amide bonds. The third-order valence-corrected chi connectivity index (χ3v) is 4.29. The van der Waals surface area contributed by atoms with Crippen molar-refractivity contribution in [3.63, 3.8) is 0 Å². The normalized spacial score (nSPS) is 11.2. The Morgan fingerprint density at radius 1 is 1.09 bits per heavy atom. The molecule has 0 saturated heterocycles. The van der Waals surface area contributed by atoms with Crippen molar-refractivity contribution in [2.75, 3.05) is 5.32 Å². The van der Waals surface area contributed by atoms with Crippen molar-refractivity contribution in [2.24, 2.45) is 5.14 Å². The number of carbonyl (C=O) groups excluding carboxylic acids is 1. The topological polar surface area (TPSA) is 89.3 Å². The van der Waals surface area contributed by atoms with E-state index in [-0.39, 0.29) is 17.2 Å². The molecule has 0 spiro atoms. The molecule has 0 fully saturated rings. The van der Waals surface area contributed by atoms with Gasteiger partial charge in [-0.1, -0.05) is 24.3 Å². The van der Waals surface area contributed by atoms with E-state index >= 15 is 0 Å². The fourth-order valence-electron chi connectivity index (χ4n) is 2.05. The van der Waals surface area contributed by atoms with Crippen molar-refractivity contribution in [1.82, 2.24) is 0 Å². The minimum atomic E-state index is -3.78. The molecule has 0 bridgehead atoms. The van der Waals surface area contributed by atoms with Crippen LogP contribution in [0.5, 0.6) is 0 Å². The van der Waals surface area contributed by atoms with Gasteiger partial charge in [-0.05, 0) is 48.7 Å². The molecule has 3 N–H and O–H groups in total. The number of anilines is 1. The Kier molecular flexibility index (Phi) is 4.63. The van der Waals surface area contributed by atoms with E-state index in [2.05, 4.69) is 5.32 Å². The molecule has 116 valence electrons. The summed E-state index contributed by atoms with van der Waals surface area (Å²) in [6.45, 7) is 4.00. The van der Waals surface area contributed by atoms with Crippen molar-refractivity contribution in [2.45, 2.75) is 25.2 Å². The van der Waals surface area contributed by atoms with E-state index in [0.717, 1.165) is 11.1 Å². The van der Waals surface area contributed by atoms with Crippen LogP contribution in [0.3, 0.4) is 0 Å². The highest BCUT2D eigenvalue weighted by molar-refractivity contribution is 7.89. The molecule has 5 nitrogen and oxygen atoms in total. The lowest BCUT2D eigenvalue weighted by Crippen LogP contribution is -2.16. The van der Waals surface area contributed by atoms with E-state index in [1.807, 2.05) is 32.0 Å². The highest BCUT2D eigenvalue weighted by Crippen LogP contribution is 2.15. The zero-order valence-corrected chi connectivity index (χ0v) is 13.3. The van der Waals surface area contributed by atoms with Gasteiger partial charge in [0.05, 0.1) is 11.3 Å². The largest absolute Gasteiger partial charge is 0.326 e. The molecule has 0 aliphatic carbocycles. The molecule has 0 radical (unpaired) electrons. The number of hydrogen-bond acceptors (Lipinski definition) is 3. The lowest BCUT2D eigenvalue weighted by Gasteiger charge is -2.08. The summed E-state index contributed by atoms with van der Waals surface area (Å²) in [5.74, 6) is -0.213. The van der Waals surface area contributed by atoms with Crippen molar-refractivity contribution in [3.05, 3.63) is 59.2 Å². The summed E-state index contributed by atoms with van der Waals surface area (Å²) < 4.78 is 22.6. The van der Waals surface area contributed by atoms with Crippen LogP contribution in [0.2, 0.25) is 0 Å². The number of benzene rings is 2. The number of rotatable bonds is 4. The molecule has 6 heteroatoms. The minimum absolute atomic E-state index is 0.0310. The predicted octanol–water partition coefficient (Wildman–Crippen LogP) is 2.13. The van der Waals surface area contributed by atoms with E-state index in [9.17, 15) is 13.2 Å². The molecule has 2 aromatic carbocycles. The second kappa shape index (κ2) is 6.29. The van der Waals surface area contributed by atoms with Gasteiger partial charge in [0, 0.05) is 5.69 Å². The fraction of sp³-hybridized carbons (Fsp3) is 0.188. The summed E-state index contributed by atoms with van der Waals surface area (Å²) in [6, 6.07) is 11.7. The highest BCUT2D eigenvalue weighted by Gasteiger charge is 2.10. The zero-order valence-electron chi connectivity index (χ0n) is 12.5. The number of aryl methyl sites for hydroxylation is 2. The van der Waals surface area contributed by atoms with Crippen LogP contribution >= 0.6 is 0 Å². The summed E-state index contributed by atoms with van der Waals surface area (Å²) in [5, 5.41) is 7.75. The first kappa shape index (κ1) is 16.2. The van der Waals surface area contributed by atoms with Crippen LogP contribution in [0.15, 0.2) is 47.4 Å². The van der Waals surface area contributed by atoms with E-state index in [4.69, 9.17) is 5.14 Å². The van der Waals surface area contributed by atoms with Crippen LogP contribution in [0.4, 0.5) is 5.69 Å². The predicted molar refractivity (Wildman–Crippen MR) is 86.1 cm³/mol. The number of nitrogens with two attached hydrogens (primary N) is 1. The maximum atomic E-state index is 12.0. The molecular formula is C16H18N2O3S. The molecule has 0 atom stereocenters. The van der Waals surface area contributed by atoms with Crippen molar-refractivity contribution < 1.29 is 13.2 Å². The number of amides is 1. The Bertz CT molecular complexity index is 814. The standard InChI is InChI=1S/C16H18N2O3S/c1-11-6-7-13(8-12(11)2)9-16(19)18-14-4-3-5-15(10-14)22(17,20)21/h3-8,10H,9H2,1-2H3,(H,18,19)(H2,17,20,21). The lowest BCUT2D eigenvalue weighted by atomic mass is 10.0. The Morgan fingerprint density at radius 3 is 2.45 bits per heavy atom. The molecule has 0 aliphatic heterocycles. The van der Waals surface area contributed by atoms with Gasteiger partial charge in [0.1, 0.15) is 0 Å². The molecule has 0 heterocycles. The van der Waals surface area contributed by atoms with Crippen molar-refractivity contribution in [3.8, 4) is 0 Å². The first-order valence-corrected chi connectivity index (χ1v) is 8.29. The molecular weight excluding hydrogens is 300 g/mol. The van der Waals surface area contributed by atoms with Crippen LogP contribution in [-0.2, 0) is 21.2 Å². The Morgan fingerprint density at radius 2 is 1.82 bits per heavy atom. The number of primary sulfonamides is 1. The number of hydrogen-bond donors (Lipinski definition) is 2. The summed E-state index contributed by atoms with van der Waals surface area (Å²) in [4.78, 5) is 12.0. The summed E-state index contributed by atoms with van der Waals surface area (Å²) in [7, 11) is -3.78. The Labute approximate surface area is 130 Å². The quantitative estimate of drug-likeness (QED) is 0.905. The van der Waals surface area contributed by atoms with Gasteiger partial charge in [-0.25, -0.2) is 13.6 Å². The van der Waals surface area contributed by atoms with Crippen molar-refractivity contribution in [1.29, 1.82) is 0 Å². The highest BCUT2D eigenvalue weighted by atomic mass is 32.2. The van der Waals surface area contributed by atoms with Crippen LogP contribution in [0.25, 0.3) is 0 Å². The third kappa shape index (κ3) is 4.16. The van der Waals surface area contributed by atoms with Gasteiger partial charge in [0.15, 0.2) is 0 Å². The van der Waals surface area contributed by atoms with Gasteiger partial charge in [-0.3, -0.25) is 4.79 Å². The minimum Gasteiger partial charge on any atom is -0.326 e. The number of nitrogens with one attached hydrogen (secondary N) is 1. The number of carbonyl (C=O) groups is 1. The van der Waals surface area contributed by atoms with E-state index in [1.165, 1.54) is 23.8 Å². The average molecular weight is 318 g/mol. The Balaban J connectivity index is 2.10. The first-order valence-electron chi connectivity index (χ1n) is 6.74. The smallest absolute Gasteiger partial charge is 0.238 e. The second-order valence-electron chi connectivity index (χ2n) is 5.22. The SMILES string of the molecule is Cc1ccc(CC(=O)Nc2cccc(S(N)(=O)=O)c2)cc1C. The molecule has 0 saturated carbocycles. The van der Waals surface area contributed by atoms with Crippen LogP contribution in [0.1, 0.15) is 16.7 Å². The molecule has 0 aromatic heterocycles.